The third-order valence-electron chi connectivity index (χ3n) is 1.74. The number of hydrogen-bond acceptors (Lipinski definition) is 3. The first-order valence-electron chi connectivity index (χ1n) is 3.92. The second kappa shape index (κ2) is 3.72. The molecule has 1 amide bonds. The minimum absolute atomic E-state index is 0.326. The lowest BCUT2D eigenvalue weighted by atomic mass is 10.2. The molecule has 1 rings (SSSR count). The molecule has 0 spiro atoms. The van der Waals surface area contributed by atoms with Crippen molar-refractivity contribution in [2.75, 3.05) is 0 Å². The predicted octanol–water partition coefficient (Wildman–Crippen LogP) is 0.457. The second-order valence-electron chi connectivity index (χ2n) is 2.63. The number of aromatic nitrogens is 2. The number of hydrogen-bond donors (Lipinski definition) is 1. The molecule has 68 valence electrons. The monoisotopic (exact) mass is 178 g/mol. The molecule has 0 bridgehead atoms. The van der Waals surface area contributed by atoms with E-state index in [1.165, 1.54) is 17.1 Å². The highest BCUT2D eigenvalue weighted by atomic mass is 16.1. The van der Waals surface area contributed by atoms with Gasteiger partial charge in [-0.25, -0.2) is 0 Å². The molecule has 5 nitrogen and oxygen atoms in total. The van der Waals surface area contributed by atoms with E-state index in [-0.39, 0.29) is 6.04 Å². The van der Waals surface area contributed by atoms with Crippen molar-refractivity contribution in [2.24, 2.45) is 5.73 Å². The highest BCUT2D eigenvalue weighted by Crippen LogP contribution is 2.09. The third kappa shape index (κ3) is 1.85. The lowest BCUT2D eigenvalue weighted by Gasteiger charge is -2.04. The lowest BCUT2D eigenvalue weighted by Crippen LogP contribution is -2.10. The fourth-order valence-electron chi connectivity index (χ4n) is 0.973. The Labute approximate surface area is 75.8 Å². The molecular weight excluding hydrogens is 168 g/mol. The predicted molar refractivity (Wildman–Crippen MR) is 45.7 cm³/mol. The molecule has 2 N–H and O–H groups in total. The SMILES string of the molecule is CCC(C#N)n1cc(C(N)=O)cn1. The number of nitriles is 1. The minimum atomic E-state index is -0.529. The number of nitrogens with zero attached hydrogens (tertiary/aromatic N) is 3. The summed E-state index contributed by atoms with van der Waals surface area (Å²) in [5, 5.41) is 12.6. The van der Waals surface area contributed by atoms with Gasteiger partial charge in [-0.05, 0) is 6.42 Å². The van der Waals surface area contributed by atoms with Gasteiger partial charge in [0.15, 0.2) is 0 Å². The summed E-state index contributed by atoms with van der Waals surface area (Å²) in [4.78, 5) is 10.7. The van der Waals surface area contributed by atoms with Crippen molar-refractivity contribution in [2.45, 2.75) is 19.4 Å². The maximum Gasteiger partial charge on any atom is 0.251 e. The van der Waals surface area contributed by atoms with Crippen LogP contribution in [0.4, 0.5) is 0 Å². The highest BCUT2D eigenvalue weighted by Gasteiger charge is 2.10. The van der Waals surface area contributed by atoms with Gasteiger partial charge in [0.25, 0.3) is 5.91 Å². The van der Waals surface area contributed by atoms with E-state index in [2.05, 4.69) is 11.2 Å². The summed E-state index contributed by atoms with van der Waals surface area (Å²) in [5.41, 5.74) is 5.36. The molecule has 0 saturated heterocycles. The number of rotatable bonds is 3. The van der Waals surface area contributed by atoms with Crippen molar-refractivity contribution in [1.29, 1.82) is 5.26 Å². The topological polar surface area (TPSA) is 84.7 Å². The van der Waals surface area contributed by atoms with Gasteiger partial charge in [0, 0.05) is 6.20 Å². The van der Waals surface area contributed by atoms with Gasteiger partial charge in [0.2, 0.25) is 0 Å². The van der Waals surface area contributed by atoms with Crippen LogP contribution in [-0.2, 0) is 0 Å². The van der Waals surface area contributed by atoms with Crippen LogP contribution < -0.4 is 5.73 Å². The van der Waals surface area contributed by atoms with E-state index < -0.39 is 5.91 Å². The summed E-state index contributed by atoms with van der Waals surface area (Å²) >= 11 is 0. The quantitative estimate of drug-likeness (QED) is 0.729. The summed E-state index contributed by atoms with van der Waals surface area (Å²) in [5.74, 6) is -0.529. The molecule has 1 heterocycles. The zero-order valence-electron chi connectivity index (χ0n) is 7.27. The van der Waals surface area contributed by atoms with Crippen molar-refractivity contribution in [3.05, 3.63) is 18.0 Å². The van der Waals surface area contributed by atoms with Gasteiger partial charge in [0.1, 0.15) is 6.04 Å². The molecule has 5 heteroatoms. The van der Waals surface area contributed by atoms with Crippen LogP contribution >= 0.6 is 0 Å². The van der Waals surface area contributed by atoms with Gasteiger partial charge in [0.05, 0.1) is 17.8 Å². The summed E-state index contributed by atoms with van der Waals surface area (Å²) in [6.07, 6.45) is 3.50. The van der Waals surface area contributed by atoms with Gasteiger partial charge < -0.3 is 5.73 Å². The Hall–Kier alpha value is -1.83. The average molecular weight is 178 g/mol. The normalized spacial score (nSPS) is 12.0. The Morgan fingerprint density at radius 1 is 1.92 bits per heavy atom. The minimum Gasteiger partial charge on any atom is -0.366 e. The smallest absolute Gasteiger partial charge is 0.251 e. The number of carbonyl (C=O) groups excluding carboxylic acids is 1. The van der Waals surface area contributed by atoms with Crippen LogP contribution in [0.1, 0.15) is 29.7 Å². The first kappa shape index (κ1) is 9.26. The van der Waals surface area contributed by atoms with E-state index in [4.69, 9.17) is 11.0 Å². The fraction of sp³-hybridized carbons (Fsp3) is 0.375. The lowest BCUT2D eigenvalue weighted by molar-refractivity contribution is 0.1000. The molecular formula is C8H10N4O. The largest absolute Gasteiger partial charge is 0.366 e. The van der Waals surface area contributed by atoms with Crippen LogP contribution in [0.3, 0.4) is 0 Å². The number of nitrogens with two attached hydrogens (primary N) is 1. The second-order valence-corrected chi connectivity index (χ2v) is 2.63. The molecule has 0 radical (unpaired) electrons. The molecule has 0 fully saturated rings. The molecule has 0 aromatic carbocycles. The Balaban J connectivity index is 2.92. The zero-order valence-corrected chi connectivity index (χ0v) is 7.27. The van der Waals surface area contributed by atoms with Gasteiger partial charge in [-0.1, -0.05) is 6.92 Å². The van der Waals surface area contributed by atoms with E-state index >= 15 is 0 Å². The number of primary amides is 1. The van der Waals surface area contributed by atoms with Crippen LogP contribution in [0.2, 0.25) is 0 Å². The Morgan fingerprint density at radius 3 is 3.00 bits per heavy atom. The van der Waals surface area contributed by atoms with Gasteiger partial charge in [-0.2, -0.15) is 10.4 Å². The van der Waals surface area contributed by atoms with Crippen LogP contribution in [0.15, 0.2) is 12.4 Å². The molecule has 0 aliphatic carbocycles. The van der Waals surface area contributed by atoms with Gasteiger partial charge in [-0.15, -0.1) is 0 Å². The first-order chi connectivity index (χ1) is 6.19. The summed E-state index contributed by atoms with van der Waals surface area (Å²) in [6.45, 7) is 1.87. The van der Waals surface area contributed by atoms with E-state index in [0.29, 0.717) is 12.0 Å². The van der Waals surface area contributed by atoms with Gasteiger partial charge in [-0.3, -0.25) is 9.48 Å². The van der Waals surface area contributed by atoms with Crippen molar-refractivity contribution in [1.82, 2.24) is 9.78 Å². The summed E-state index contributed by atoms with van der Waals surface area (Å²) in [6, 6.07) is 1.74. The number of amides is 1. The maximum atomic E-state index is 10.7. The Kier molecular flexibility index (Phi) is 2.65. The molecule has 0 aliphatic rings. The van der Waals surface area contributed by atoms with Crippen LogP contribution in [0, 0.1) is 11.3 Å². The third-order valence-corrected chi connectivity index (χ3v) is 1.74. The first-order valence-corrected chi connectivity index (χ1v) is 3.92. The molecule has 0 aliphatic heterocycles. The van der Waals surface area contributed by atoms with E-state index in [0.717, 1.165) is 0 Å². The van der Waals surface area contributed by atoms with Crippen LogP contribution in [0.5, 0.6) is 0 Å². The average Bonchev–Trinajstić information content (AvgIpc) is 2.56. The molecule has 1 unspecified atom stereocenters. The Morgan fingerprint density at radius 2 is 2.62 bits per heavy atom. The van der Waals surface area contributed by atoms with E-state index in [1.807, 2.05) is 6.92 Å². The fourth-order valence-corrected chi connectivity index (χ4v) is 0.973. The molecule has 1 aromatic heterocycles. The molecule has 1 aromatic rings. The van der Waals surface area contributed by atoms with E-state index in [9.17, 15) is 4.79 Å². The van der Waals surface area contributed by atoms with Crippen molar-refractivity contribution >= 4 is 5.91 Å². The Bertz CT molecular complexity index is 349. The zero-order chi connectivity index (χ0) is 9.84. The van der Waals surface area contributed by atoms with Crippen molar-refractivity contribution in [3.63, 3.8) is 0 Å². The molecule has 0 saturated carbocycles. The van der Waals surface area contributed by atoms with Crippen LogP contribution in [0.25, 0.3) is 0 Å². The highest BCUT2D eigenvalue weighted by molar-refractivity contribution is 5.92. The maximum absolute atomic E-state index is 10.7. The summed E-state index contributed by atoms with van der Waals surface area (Å²) in [7, 11) is 0. The van der Waals surface area contributed by atoms with Crippen molar-refractivity contribution < 1.29 is 4.79 Å². The number of carbonyl (C=O) groups is 1. The summed E-state index contributed by atoms with van der Waals surface area (Å²) < 4.78 is 1.44. The van der Waals surface area contributed by atoms with Gasteiger partial charge >= 0.3 is 0 Å². The molecule has 13 heavy (non-hydrogen) atoms. The molecule has 1 atom stereocenters. The van der Waals surface area contributed by atoms with Crippen molar-refractivity contribution in [3.8, 4) is 6.07 Å². The van der Waals surface area contributed by atoms with Crippen LogP contribution in [-0.4, -0.2) is 15.7 Å². The standard InChI is InChI=1S/C8H10N4O/c1-2-7(3-9)12-5-6(4-11-12)8(10)13/h4-5,7H,2H2,1H3,(H2,10,13). The van der Waals surface area contributed by atoms with E-state index in [1.54, 1.807) is 0 Å².